The number of rotatable bonds is 4. The molecule has 0 aromatic heterocycles. The van der Waals surface area contributed by atoms with Gasteiger partial charge in [0.1, 0.15) is 6.61 Å². The minimum Gasteiger partial charge on any atom is -0.391 e. The molecule has 118 valence electrons. The van der Waals surface area contributed by atoms with Crippen molar-refractivity contribution < 1.29 is 19.1 Å². The van der Waals surface area contributed by atoms with E-state index in [2.05, 4.69) is 5.16 Å². The lowest BCUT2D eigenvalue weighted by atomic mass is 9.92. The Morgan fingerprint density at radius 3 is 2.68 bits per heavy atom. The summed E-state index contributed by atoms with van der Waals surface area (Å²) in [5, 5.41) is 4.20. The maximum Gasteiger partial charge on any atom is 0.248 e. The van der Waals surface area contributed by atoms with Crippen LogP contribution in [0.3, 0.4) is 0 Å². The van der Waals surface area contributed by atoms with E-state index in [0.29, 0.717) is 25.4 Å². The predicted molar refractivity (Wildman–Crippen MR) is 80.3 cm³/mol. The summed E-state index contributed by atoms with van der Waals surface area (Å²) < 4.78 is 11.4. The first-order valence-electron chi connectivity index (χ1n) is 7.51. The molecule has 0 atom stereocenters. The standard InChI is InChI=1S/C16H20N2O4/c17-15(19)13-3-1-2-12(10-13)11-22-18-14-4-6-16(7-5-14)20-8-9-21-16/h1-3,10H,4-9,11H2,(H2,17,19). The Hall–Kier alpha value is -1.92. The van der Waals surface area contributed by atoms with Crippen molar-refractivity contribution in [1.82, 2.24) is 0 Å². The number of hydrogen-bond acceptors (Lipinski definition) is 5. The molecule has 1 saturated heterocycles. The molecule has 1 saturated carbocycles. The van der Waals surface area contributed by atoms with Crippen LogP contribution < -0.4 is 5.73 Å². The molecule has 1 spiro atoms. The van der Waals surface area contributed by atoms with Gasteiger partial charge in [0.15, 0.2) is 5.79 Å². The lowest BCUT2D eigenvalue weighted by molar-refractivity contribution is -0.168. The van der Waals surface area contributed by atoms with E-state index in [4.69, 9.17) is 20.0 Å². The molecular weight excluding hydrogens is 284 g/mol. The Morgan fingerprint density at radius 2 is 2.00 bits per heavy atom. The van der Waals surface area contributed by atoms with Crippen molar-refractivity contribution in [3.63, 3.8) is 0 Å². The van der Waals surface area contributed by atoms with Crippen LogP contribution >= 0.6 is 0 Å². The molecule has 0 unspecified atom stereocenters. The molecule has 0 bridgehead atoms. The average Bonchev–Trinajstić information content (AvgIpc) is 2.98. The normalized spacial score (nSPS) is 20.1. The lowest BCUT2D eigenvalue weighted by Gasteiger charge is -2.31. The van der Waals surface area contributed by atoms with E-state index in [1.54, 1.807) is 18.2 Å². The number of carbonyl (C=O) groups is 1. The van der Waals surface area contributed by atoms with Crippen LogP contribution in [0.1, 0.15) is 41.6 Å². The van der Waals surface area contributed by atoms with Gasteiger partial charge in [0.25, 0.3) is 0 Å². The first kappa shape index (κ1) is 15.0. The molecule has 2 aliphatic rings. The predicted octanol–water partition coefficient (Wildman–Crippen LogP) is 1.98. The molecule has 1 aliphatic carbocycles. The Balaban J connectivity index is 1.50. The molecule has 22 heavy (non-hydrogen) atoms. The van der Waals surface area contributed by atoms with E-state index in [1.165, 1.54) is 0 Å². The van der Waals surface area contributed by atoms with E-state index in [-0.39, 0.29) is 5.79 Å². The van der Waals surface area contributed by atoms with Gasteiger partial charge in [-0.05, 0) is 30.5 Å². The van der Waals surface area contributed by atoms with Gasteiger partial charge in [-0.15, -0.1) is 0 Å². The number of nitrogens with zero attached hydrogens (tertiary/aromatic N) is 1. The molecule has 0 radical (unpaired) electrons. The van der Waals surface area contributed by atoms with Crippen LogP contribution in [0.25, 0.3) is 0 Å². The Morgan fingerprint density at radius 1 is 1.27 bits per heavy atom. The Kier molecular flexibility index (Phi) is 4.40. The van der Waals surface area contributed by atoms with Gasteiger partial charge in [-0.1, -0.05) is 17.3 Å². The van der Waals surface area contributed by atoms with E-state index >= 15 is 0 Å². The SMILES string of the molecule is NC(=O)c1cccc(CON=C2CCC3(CC2)OCCO3)c1. The number of oxime groups is 1. The van der Waals surface area contributed by atoms with E-state index in [9.17, 15) is 4.79 Å². The van der Waals surface area contributed by atoms with Crippen molar-refractivity contribution in [2.24, 2.45) is 10.9 Å². The fraction of sp³-hybridized carbons (Fsp3) is 0.500. The number of nitrogens with two attached hydrogens (primary N) is 1. The van der Waals surface area contributed by atoms with Gasteiger partial charge in [0, 0.05) is 18.4 Å². The number of hydrogen-bond donors (Lipinski definition) is 1. The van der Waals surface area contributed by atoms with Gasteiger partial charge in [-0.2, -0.15) is 0 Å². The van der Waals surface area contributed by atoms with Crippen LogP contribution in [0.5, 0.6) is 0 Å². The molecular formula is C16H20N2O4. The highest BCUT2D eigenvalue weighted by molar-refractivity contribution is 5.92. The van der Waals surface area contributed by atoms with Gasteiger partial charge < -0.3 is 20.0 Å². The van der Waals surface area contributed by atoms with Crippen molar-refractivity contribution in [1.29, 1.82) is 0 Å². The zero-order valence-electron chi connectivity index (χ0n) is 12.4. The topological polar surface area (TPSA) is 83.1 Å². The van der Waals surface area contributed by atoms with Gasteiger partial charge in [-0.25, -0.2) is 0 Å². The minimum atomic E-state index is -0.442. The molecule has 1 heterocycles. The van der Waals surface area contributed by atoms with Crippen LogP contribution in [-0.2, 0) is 20.9 Å². The summed E-state index contributed by atoms with van der Waals surface area (Å²) in [5.74, 6) is -0.822. The quantitative estimate of drug-likeness (QED) is 0.862. The summed E-state index contributed by atoms with van der Waals surface area (Å²) in [6.07, 6.45) is 3.29. The highest BCUT2D eigenvalue weighted by Gasteiger charge is 2.39. The first-order valence-corrected chi connectivity index (χ1v) is 7.51. The number of ether oxygens (including phenoxy) is 2. The van der Waals surface area contributed by atoms with Gasteiger partial charge in [0.2, 0.25) is 5.91 Å². The second-order valence-electron chi connectivity index (χ2n) is 5.60. The van der Waals surface area contributed by atoms with Gasteiger partial charge in [0.05, 0.1) is 18.9 Å². The summed E-state index contributed by atoms with van der Waals surface area (Å²) in [4.78, 5) is 16.5. The number of benzene rings is 1. The largest absolute Gasteiger partial charge is 0.391 e. The molecule has 6 heteroatoms. The molecule has 1 aliphatic heterocycles. The minimum absolute atomic E-state index is 0.322. The third kappa shape index (κ3) is 3.45. The van der Waals surface area contributed by atoms with Crippen LogP contribution in [-0.4, -0.2) is 30.6 Å². The highest BCUT2D eigenvalue weighted by atomic mass is 16.7. The monoisotopic (exact) mass is 304 g/mol. The van der Waals surface area contributed by atoms with Crippen molar-refractivity contribution in [2.75, 3.05) is 13.2 Å². The van der Waals surface area contributed by atoms with Crippen molar-refractivity contribution in [2.45, 2.75) is 38.1 Å². The first-order chi connectivity index (χ1) is 10.7. The van der Waals surface area contributed by atoms with Gasteiger partial charge >= 0.3 is 0 Å². The van der Waals surface area contributed by atoms with Crippen molar-refractivity contribution in [3.8, 4) is 0 Å². The second-order valence-corrected chi connectivity index (χ2v) is 5.60. The Bertz CT molecular complexity index is 567. The van der Waals surface area contributed by atoms with Crippen LogP contribution in [0, 0.1) is 0 Å². The molecule has 1 aromatic carbocycles. The average molecular weight is 304 g/mol. The second kappa shape index (κ2) is 6.46. The summed E-state index contributed by atoms with van der Waals surface area (Å²) in [6, 6.07) is 7.06. The summed E-state index contributed by atoms with van der Waals surface area (Å²) in [5.41, 5.74) is 7.62. The lowest BCUT2D eigenvalue weighted by Crippen LogP contribution is -2.35. The Labute approximate surface area is 129 Å². The molecule has 1 aromatic rings. The third-order valence-electron chi connectivity index (χ3n) is 4.04. The summed E-state index contributed by atoms with van der Waals surface area (Å²) >= 11 is 0. The van der Waals surface area contributed by atoms with E-state index in [0.717, 1.165) is 37.0 Å². The molecule has 6 nitrogen and oxygen atoms in total. The number of primary amides is 1. The van der Waals surface area contributed by atoms with Crippen LogP contribution in [0.4, 0.5) is 0 Å². The van der Waals surface area contributed by atoms with Crippen LogP contribution in [0.15, 0.2) is 29.4 Å². The zero-order chi connectivity index (χ0) is 15.4. The summed E-state index contributed by atoms with van der Waals surface area (Å²) in [7, 11) is 0. The van der Waals surface area contributed by atoms with Crippen molar-refractivity contribution in [3.05, 3.63) is 35.4 Å². The molecule has 1 amide bonds. The number of carbonyl (C=O) groups excluding carboxylic acids is 1. The maximum atomic E-state index is 11.1. The smallest absolute Gasteiger partial charge is 0.248 e. The highest BCUT2D eigenvalue weighted by Crippen LogP contribution is 2.34. The van der Waals surface area contributed by atoms with E-state index in [1.807, 2.05) is 6.07 Å². The van der Waals surface area contributed by atoms with Crippen molar-refractivity contribution >= 4 is 11.6 Å². The fourth-order valence-electron chi connectivity index (χ4n) is 2.81. The summed E-state index contributed by atoms with van der Waals surface area (Å²) in [6.45, 7) is 1.68. The molecule has 2 fully saturated rings. The maximum absolute atomic E-state index is 11.1. The third-order valence-corrected chi connectivity index (χ3v) is 4.04. The number of amides is 1. The van der Waals surface area contributed by atoms with E-state index < -0.39 is 5.91 Å². The molecule has 2 N–H and O–H groups in total. The zero-order valence-corrected chi connectivity index (χ0v) is 12.4. The van der Waals surface area contributed by atoms with Crippen LogP contribution in [0.2, 0.25) is 0 Å². The van der Waals surface area contributed by atoms with Gasteiger partial charge in [-0.3, -0.25) is 4.79 Å². The molecule has 3 rings (SSSR count). The fourth-order valence-corrected chi connectivity index (χ4v) is 2.81.